The van der Waals surface area contributed by atoms with Crippen molar-refractivity contribution in [2.24, 2.45) is 0 Å². The second-order valence-corrected chi connectivity index (χ2v) is 12.3. The van der Waals surface area contributed by atoms with E-state index in [1.165, 1.54) is 17.0 Å². The fraction of sp³-hybridized carbons (Fsp3) is 0.440. The average Bonchev–Trinajstić information content (AvgIpc) is 2.80. The first kappa shape index (κ1) is 30.4. The number of hydrogen-bond acceptors (Lipinski definition) is 4. The van der Waals surface area contributed by atoms with E-state index in [9.17, 15) is 18.0 Å². The van der Waals surface area contributed by atoms with Crippen LogP contribution in [0.3, 0.4) is 0 Å². The van der Waals surface area contributed by atoms with Gasteiger partial charge in [0.15, 0.2) is 0 Å². The summed E-state index contributed by atoms with van der Waals surface area (Å²) >= 11 is 15.7. The first-order valence-electron chi connectivity index (χ1n) is 11.6. The Hall–Kier alpha value is -1.81. The molecule has 2 rings (SSSR count). The van der Waals surface area contributed by atoms with Gasteiger partial charge in [0.1, 0.15) is 6.04 Å². The van der Waals surface area contributed by atoms with Crippen LogP contribution in [0.5, 0.6) is 0 Å². The number of carbonyl (C=O) groups is 2. The summed E-state index contributed by atoms with van der Waals surface area (Å²) in [6.45, 7) is 5.85. The summed E-state index contributed by atoms with van der Waals surface area (Å²) in [6, 6.07) is 11.4. The molecule has 2 aromatic rings. The Labute approximate surface area is 232 Å². The first-order valence-corrected chi connectivity index (χ1v) is 15.0. The fourth-order valence-electron chi connectivity index (χ4n) is 3.54. The number of amides is 2. The quantitative estimate of drug-likeness (QED) is 0.333. The molecule has 0 radical (unpaired) electrons. The van der Waals surface area contributed by atoms with Crippen molar-refractivity contribution >= 4 is 66.7 Å². The Morgan fingerprint density at radius 2 is 1.81 bits per heavy atom. The largest absolute Gasteiger partial charge is 0.352 e. The molecule has 2 unspecified atom stereocenters. The highest BCUT2D eigenvalue weighted by Gasteiger charge is 2.27. The van der Waals surface area contributed by atoms with Gasteiger partial charge in [-0.1, -0.05) is 58.2 Å². The summed E-state index contributed by atoms with van der Waals surface area (Å²) in [4.78, 5) is 27.7. The Bertz CT molecular complexity index is 1180. The van der Waals surface area contributed by atoms with Crippen LogP contribution in [0.2, 0.25) is 10.0 Å². The van der Waals surface area contributed by atoms with Crippen LogP contribution in [0.15, 0.2) is 46.9 Å². The predicted molar refractivity (Wildman–Crippen MR) is 150 cm³/mol. The van der Waals surface area contributed by atoms with Crippen LogP contribution in [0.1, 0.15) is 45.6 Å². The van der Waals surface area contributed by atoms with Gasteiger partial charge in [0.25, 0.3) is 0 Å². The van der Waals surface area contributed by atoms with E-state index in [2.05, 4.69) is 21.2 Å². The summed E-state index contributed by atoms with van der Waals surface area (Å²) in [6.07, 6.45) is 2.11. The highest BCUT2D eigenvalue weighted by molar-refractivity contribution is 9.10. The summed E-state index contributed by atoms with van der Waals surface area (Å²) in [5.41, 5.74) is 1.12. The summed E-state index contributed by atoms with van der Waals surface area (Å²) in [5, 5.41) is 3.52. The zero-order chi connectivity index (χ0) is 27.0. The minimum Gasteiger partial charge on any atom is -0.352 e. The van der Waals surface area contributed by atoms with Crippen molar-refractivity contribution in [3.05, 3.63) is 62.5 Å². The number of anilines is 1. The van der Waals surface area contributed by atoms with Gasteiger partial charge >= 0.3 is 0 Å². The molecule has 0 heterocycles. The Morgan fingerprint density at radius 1 is 1.11 bits per heavy atom. The molecular formula is C25H32BrCl2N3O4S. The molecule has 198 valence electrons. The van der Waals surface area contributed by atoms with E-state index in [-0.39, 0.29) is 54.5 Å². The van der Waals surface area contributed by atoms with Crippen molar-refractivity contribution in [1.29, 1.82) is 0 Å². The van der Waals surface area contributed by atoms with E-state index < -0.39 is 16.1 Å². The van der Waals surface area contributed by atoms with Gasteiger partial charge < -0.3 is 10.2 Å². The summed E-state index contributed by atoms with van der Waals surface area (Å²) in [7, 11) is -3.68. The van der Waals surface area contributed by atoms with Crippen molar-refractivity contribution < 1.29 is 18.0 Å². The van der Waals surface area contributed by atoms with Gasteiger partial charge in [0.2, 0.25) is 21.8 Å². The second kappa shape index (κ2) is 13.7. The molecule has 7 nitrogen and oxygen atoms in total. The van der Waals surface area contributed by atoms with Crippen LogP contribution < -0.4 is 9.62 Å². The van der Waals surface area contributed by atoms with Gasteiger partial charge in [0.05, 0.1) is 17.0 Å². The molecule has 36 heavy (non-hydrogen) atoms. The van der Waals surface area contributed by atoms with Crippen LogP contribution in [-0.2, 0) is 26.2 Å². The Balaban J connectivity index is 2.21. The summed E-state index contributed by atoms with van der Waals surface area (Å²) < 4.78 is 27.0. The number of halogens is 3. The van der Waals surface area contributed by atoms with E-state index in [4.69, 9.17) is 23.2 Å². The predicted octanol–water partition coefficient (Wildman–Crippen LogP) is 5.63. The topological polar surface area (TPSA) is 86.8 Å². The molecule has 0 bridgehead atoms. The molecule has 0 aromatic heterocycles. The lowest BCUT2D eigenvalue weighted by atomic mass is 10.1. The van der Waals surface area contributed by atoms with Gasteiger partial charge in [-0.3, -0.25) is 13.9 Å². The lowest BCUT2D eigenvalue weighted by Crippen LogP contribution is -2.49. The molecule has 0 aliphatic rings. The third-order valence-corrected chi connectivity index (χ3v) is 7.97. The third-order valence-electron chi connectivity index (χ3n) is 5.74. The monoisotopic (exact) mass is 619 g/mol. The number of nitrogens with zero attached hydrogens (tertiary/aromatic N) is 2. The zero-order valence-corrected chi connectivity index (χ0v) is 24.7. The third kappa shape index (κ3) is 8.94. The van der Waals surface area contributed by atoms with E-state index >= 15 is 0 Å². The smallest absolute Gasteiger partial charge is 0.242 e. The van der Waals surface area contributed by atoms with Gasteiger partial charge in [-0.25, -0.2) is 8.42 Å². The number of carbonyl (C=O) groups excluding carboxylic acids is 2. The normalized spacial score (nSPS) is 13.1. The van der Waals surface area contributed by atoms with Crippen LogP contribution >= 0.6 is 39.1 Å². The van der Waals surface area contributed by atoms with Crippen LogP contribution in [0, 0.1) is 0 Å². The molecule has 0 saturated heterocycles. The number of benzene rings is 2. The lowest BCUT2D eigenvalue weighted by molar-refractivity contribution is -0.140. The zero-order valence-electron chi connectivity index (χ0n) is 20.8. The van der Waals surface area contributed by atoms with Crippen LogP contribution in [-0.4, -0.2) is 50.0 Å². The maximum Gasteiger partial charge on any atom is 0.242 e. The van der Waals surface area contributed by atoms with Crippen LogP contribution in [0.25, 0.3) is 0 Å². The minimum atomic E-state index is -3.68. The van der Waals surface area contributed by atoms with E-state index in [0.29, 0.717) is 5.02 Å². The highest BCUT2D eigenvalue weighted by Crippen LogP contribution is 2.31. The number of hydrogen-bond donors (Lipinski definition) is 1. The van der Waals surface area contributed by atoms with E-state index in [1.54, 1.807) is 13.0 Å². The molecule has 2 atom stereocenters. The molecule has 2 aromatic carbocycles. The van der Waals surface area contributed by atoms with Crippen molar-refractivity contribution in [2.45, 2.75) is 58.7 Å². The molecule has 11 heteroatoms. The molecule has 1 N–H and O–H groups in total. The lowest BCUT2D eigenvalue weighted by Gasteiger charge is -2.30. The van der Waals surface area contributed by atoms with E-state index in [1.807, 2.05) is 38.1 Å². The maximum atomic E-state index is 13.3. The highest BCUT2D eigenvalue weighted by atomic mass is 79.9. The number of sulfonamides is 1. The maximum absolute atomic E-state index is 13.3. The average molecular weight is 621 g/mol. The van der Waals surface area contributed by atoms with Crippen LogP contribution in [0.4, 0.5) is 5.69 Å². The Kier molecular flexibility index (Phi) is 11.5. The van der Waals surface area contributed by atoms with Gasteiger partial charge in [-0.2, -0.15) is 0 Å². The molecule has 0 fully saturated rings. The van der Waals surface area contributed by atoms with Crippen molar-refractivity contribution in [3.63, 3.8) is 0 Å². The standard InChI is InChI=1S/C25H32BrCl2N3O4S/c1-5-17(2)29-25(33)18(3)30(16-19-8-6-9-20(26)14-19)24(32)10-7-13-31(36(4,34)35)23-15-21(27)11-12-22(23)28/h6,8-9,11-12,14-15,17-18H,5,7,10,13,16H2,1-4H3,(H,29,33). The summed E-state index contributed by atoms with van der Waals surface area (Å²) in [5.74, 6) is -0.497. The Morgan fingerprint density at radius 3 is 2.42 bits per heavy atom. The molecule has 2 amide bonds. The first-order chi connectivity index (χ1) is 16.8. The second-order valence-electron chi connectivity index (χ2n) is 8.68. The molecule has 0 aliphatic carbocycles. The van der Waals surface area contributed by atoms with Crippen molar-refractivity contribution in [2.75, 3.05) is 17.1 Å². The van der Waals surface area contributed by atoms with Crippen molar-refractivity contribution in [1.82, 2.24) is 10.2 Å². The minimum absolute atomic E-state index is 0.0199. The number of nitrogens with one attached hydrogen (secondary N) is 1. The molecular weight excluding hydrogens is 589 g/mol. The van der Waals surface area contributed by atoms with Crippen molar-refractivity contribution in [3.8, 4) is 0 Å². The number of rotatable bonds is 12. The molecule has 0 saturated carbocycles. The van der Waals surface area contributed by atoms with E-state index in [0.717, 1.165) is 27.0 Å². The van der Waals surface area contributed by atoms with Gasteiger partial charge in [-0.15, -0.1) is 0 Å². The SMILES string of the molecule is CCC(C)NC(=O)C(C)N(Cc1cccc(Br)c1)C(=O)CCCN(c1cc(Cl)ccc1Cl)S(C)(=O)=O. The molecule has 0 spiro atoms. The van der Waals surface area contributed by atoms with Gasteiger partial charge in [0, 0.05) is 35.0 Å². The van der Waals surface area contributed by atoms with Gasteiger partial charge in [-0.05, 0) is 62.6 Å². The fourth-order valence-corrected chi connectivity index (χ4v) is 5.39. The molecule has 0 aliphatic heterocycles.